The molecule has 0 aromatic heterocycles. The molecule has 4 heteroatoms. The van der Waals surface area contributed by atoms with Gasteiger partial charge in [-0.1, -0.05) is 6.92 Å². The summed E-state index contributed by atoms with van der Waals surface area (Å²) in [4.78, 5) is 14.4. The molecule has 0 aromatic rings. The second kappa shape index (κ2) is 6.12. The average molecular weight is 281 g/mol. The number of likely N-dealkylation sites (tertiary alicyclic amines) is 1. The van der Waals surface area contributed by atoms with Gasteiger partial charge in [0, 0.05) is 51.3 Å². The SMILES string of the molecule is CCC1CN(C2CCOC3(CCOCC3)C2)CCC1=O. The first kappa shape index (κ1) is 14.5. The fraction of sp³-hybridized carbons (Fsp3) is 0.938. The van der Waals surface area contributed by atoms with Crippen LogP contribution in [0.4, 0.5) is 0 Å². The molecule has 3 rings (SSSR count). The minimum atomic E-state index is 0.0599. The number of ketones is 1. The molecule has 0 amide bonds. The number of piperidine rings is 1. The zero-order valence-electron chi connectivity index (χ0n) is 12.6. The maximum Gasteiger partial charge on any atom is 0.138 e. The molecule has 3 saturated heterocycles. The molecule has 2 unspecified atom stereocenters. The lowest BCUT2D eigenvalue weighted by atomic mass is 9.82. The number of Topliss-reactive ketones (excluding diaryl/α,β-unsaturated/α-hetero) is 1. The van der Waals surface area contributed by atoms with Crippen LogP contribution in [0.2, 0.25) is 0 Å². The molecule has 2 atom stereocenters. The van der Waals surface area contributed by atoms with Gasteiger partial charge in [-0.05, 0) is 32.1 Å². The summed E-state index contributed by atoms with van der Waals surface area (Å²) in [6.45, 7) is 6.59. The molecule has 3 aliphatic heterocycles. The van der Waals surface area contributed by atoms with Crippen molar-refractivity contribution in [1.82, 2.24) is 4.90 Å². The van der Waals surface area contributed by atoms with Crippen molar-refractivity contribution < 1.29 is 14.3 Å². The topological polar surface area (TPSA) is 38.8 Å². The standard InChI is InChI=1S/C16H27NO3/c1-2-13-12-17(7-3-15(13)18)14-4-8-20-16(11-14)5-9-19-10-6-16/h13-14H,2-12H2,1H3. The third-order valence-corrected chi connectivity index (χ3v) is 5.44. The number of carbonyl (C=O) groups is 1. The summed E-state index contributed by atoms with van der Waals surface area (Å²) in [7, 11) is 0. The lowest BCUT2D eigenvalue weighted by Gasteiger charge is -2.47. The summed E-state index contributed by atoms with van der Waals surface area (Å²) < 4.78 is 11.6. The first-order valence-corrected chi connectivity index (χ1v) is 8.21. The van der Waals surface area contributed by atoms with Gasteiger partial charge in [-0.25, -0.2) is 0 Å². The molecular weight excluding hydrogens is 254 g/mol. The Morgan fingerprint density at radius 2 is 2.10 bits per heavy atom. The number of carbonyl (C=O) groups excluding carboxylic acids is 1. The van der Waals surface area contributed by atoms with E-state index in [0.29, 0.717) is 11.8 Å². The van der Waals surface area contributed by atoms with Crippen LogP contribution in [-0.4, -0.2) is 55.2 Å². The van der Waals surface area contributed by atoms with Crippen LogP contribution in [0.5, 0.6) is 0 Å². The van der Waals surface area contributed by atoms with Gasteiger partial charge in [-0.2, -0.15) is 0 Å². The third-order valence-electron chi connectivity index (χ3n) is 5.44. The monoisotopic (exact) mass is 281 g/mol. The molecule has 20 heavy (non-hydrogen) atoms. The van der Waals surface area contributed by atoms with Crippen LogP contribution in [-0.2, 0) is 14.3 Å². The van der Waals surface area contributed by atoms with Crippen molar-refractivity contribution in [2.75, 3.05) is 32.9 Å². The minimum Gasteiger partial charge on any atom is -0.381 e. The molecule has 0 aromatic carbocycles. The summed E-state index contributed by atoms with van der Waals surface area (Å²) in [6.07, 6.45) is 6.04. The van der Waals surface area contributed by atoms with Gasteiger partial charge in [0.25, 0.3) is 0 Å². The van der Waals surface area contributed by atoms with Gasteiger partial charge in [0.05, 0.1) is 5.60 Å². The van der Waals surface area contributed by atoms with Gasteiger partial charge >= 0.3 is 0 Å². The quantitative estimate of drug-likeness (QED) is 0.776. The average Bonchev–Trinajstić information content (AvgIpc) is 2.48. The lowest BCUT2D eigenvalue weighted by Crippen LogP contribution is -2.54. The summed E-state index contributed by atoms with van der Waals surface area (Å²) in [6, 6.07) is 0.601. The maximum atomic E-state index is 11.9. The Morgan fingerprint density at radius 3 is 2.85 bits per heavy atom. The van der Waals surface area contributed by atoms with E-state index < -0.39 is 0 Å². The second-order valence-corrected chi connectivity index (χ2v) is 6.61. The van der Waals surface area contributed by atoms with Gasteiger partial charge in [0.2, 0.25) is 0 Å². The highest BCUT2D eigenvalue weighted by Crippen LogP contribution is 2.37. The van der Waals surface area contributed by atoms with E-state index in [4.69, 9.17) is 9.47 Å². The number of hydrogen-bond acceptors (Lipinski definition) is 4. The van der Waals surface area contributed by atoms with E-state index in [2.05, 4.69) is 11.8 Å². The number of ether oxygens (including phenoxy) is 2. The van der Waals surface area contributed by atoms with Crippen molar-refractivity contribution >= 4 is 5.78 Å². The van der Waals surface area contributed by atoms with Crippen LogP contribution in [0.1, 0.15) is 45.4 Å². The fourth-order valence-corrected chi connectivity index (χ4v) is 4.03. The molecule has 0 radical (unpaired) electrons. The molecule has 0 N–H and O–H groups in total. The van der Waals surface area contributed by atoms with Crippen molar-refractivity contribution in [3.63, 3.8) is 0 Å². The first-order valence-electron chi connectivity index (χ1n) is 8.21. The Morgan fingerprint density at radius 1 is 1.30 bits per heavy atom. The Balaban J connectivity index is 1.63. The number of nitrogens with zero attached hydrogens (tertiary/aromatic N) is 1. The first-order chi connectivity index (χ1) is 9.72. The van der Waals surface area contributed by atoms with Gasteiger partial charge in [-0.15, -0.1) is 0 Å². The Hall–Kier alpha value is -0.450. The van der Waals surface area contributed by atoms with E-state index in [1.807, 2.05) is 0 Å². The summed E-state index contributed by atoms with van der Waals surface area (Å²) in [5, 5.41) is 0. The van der Waals surface area contributed by atoms with Crippen molar-refractivity contribution in [3.05, 3.63) is 0 Å². The van der Waals surface area contributed by atoms with Crippen LogP contribution in [0.25, 0.3) is 0 Å². The predicted octanol–water partition coefficient (Wildman–Crippen LogP) is 2.02. The van der Waals surface area contributed by atoms with Gasteiger partial charge in [0.1, 0.15) is 5.78 Å². The van der Waals surface area contributed by atoms with Crippen LogP contribution in [0.15, 0.2) is 0 Å². The molecule has 3 aliphatic rings. The molecule has 3 heterocycles. The third kappa shape index (κ3) is 2.92. The van der Waals surface area contributed by atoms with Gasteiger partial charge < -0.3 is 9.47 Å². The zero-order valence-corrected chi connectivity index (χ0v) is 12.6. The molecule has 114 valence electrons. The largest absolute Gasteiger partial charge is 0.381 e. The van der Waals surface area contributed by atoms with E-state index in [0.717, 1.165) is 71.4 Å². The normalized spacial score (nSPS) is 35.4. The molecule has 0 bridgehead atoms. The Kier molecular flexibility index (Phi) is 4.43. The van der Waals surface area contributed by atoms with E-state index in [-0.39, 0.29) is 11.5 Å². The molecule has 0 saturated carbocycles. The maximum absolute atomic E-state index is 11.9. The van der Waals surface area contributed by atoms with E-state index in [9.17, 15) is 4.79 Å². The zero-order chi connectivity index (χ0) is 14.0. The minimum absolute atomic E-state index is 0.0599. The molecule has 3 fully saturated rings. The van der Waals surface area contributed by atoms with E-state index in [1.165, 1.54) is 0 Å². The predicted molar refractivity (Wildman–Crippen MR) is 76.7 cm³/mol. The molecule has 4 nitrogen and oxygen atoms in total. The Bertz CT molecular complexity index is 346. The summed E-state index contributed by atoms with van der Waals surface area (Å²) in [5.74, 6) is 0.730. The smallest absolute Gasteiger partial charge is 0.138 e. The highest BCUT2D eigenvalue weighted by Gasteiger charge is 2.42. The second-order valence-electron chi connectivity index (χ2n) is 6.61. The highest BCUT2D eigenvalue weighted by molar-refractivity contribution is 5.82. The van der Waals surface area contributed by atoms with E-state index >= 15 is 0 Å². The summed E-state index contributed by atoms with van der Waals surface area (Å²) in [5.41, 5.74) is 0.0599. The van der Waals surface area contributed by atoms with Gasteiger partial charge in [0.15, 0.2) is 0 Å². The van der Waals surface area contributed by atoms with Crippen molar-refractivity contribution in [2.24, 2.45) is 5.92 Å². The number of rotatable bonds is 2. The lowest BCUT2D eigenvalue weighted by molar-refractivity contribution is -0.155. The summed E-state index contributed by atoms with van der Waals surface area (Å²) >= 11 is 0. The van der Waals surface area contributed by atoms with Crippen LogP contribution in [0.3, 0.4) is 0 Å². The molecule has 0 aliphatic carbocycles. The highest BCUT2D eigenvalue weighted by atomic mass is 16.5. The fourth-order valence-electron chi connectivity index (χ4n) is 4.03. The van der Waals surface area contributed by atoms with E-state index in [1.54, 1.807) is 0 Å². The van der Waals surface area contributed by atoms with Crippen molar-refractivity contribution in [1.29, 1.82) is 0 Å². The Labute approximate surface area is 121 Å². The number of hydrogen-bond donors (Lipinski definition) is 0. The van der Waals surface area contributed by atoms with Gasteiger partial charge in [-0.3, -0.25) is 9.69 Å². The molecular formula is C16H27NO3. The molecule has 1 spiro atoms. The van der Waals surface area contributed by atoms with Crippen molar-refractivity contribution in [2.45, 2.75) is 57.1 Å². The van der Waals surface area contributed by atoms with Crippen LogP contribution >= 0.6 is 0 Å². The van der Waals surface area contributed by atoms with Crippen LogP contribution in [0, 0.1) is 5.92 Å². The van der Waals surface area contributed by atoms with Crippen LogP contribution < -0.4 is 0 Å². The van der Waals surface area contributed by atoms with Crippen molar-refractivity contribution in [3.8, 4) is 0 Å².